The van der Waals surface area contributed by atoms with E-state index in [0.29, 0.717) is 28.6 Å². The molecule has 0 aliphatic rings. The van der Waals surface area contributed by atoms with Gasteiger partial charge in [0.1, 0.15) is 42.3 Å². The van der Waals surface area contributed by atoms with E-state index >= 15 is 0 Å². The lowest BCUT2D eigenvalue weighted by Gasteiger charge is -2.30. The van der Waals surface area contributed by atoms with Crippen LogP contribution in [0.3, 0.4) is 0 Å². The lowest BCUT2D eigenvalue weighted by atomic mass is 9.96. The lowest BCUT2D eigenvalue weighted by molar-refractivity contribution is -0.143. The molecule has 3 rings (SSSR count). The smallest absolute Gasteiger partial charge is 0.326 e. The molecule has 0 radical (unpaired) electrons. The van der Waals surface area contributed by atoms with Gasteiger partial charge in [0.2, 0.25) is 47.3 Å². The SMILES string of the molecule is CC[C@H](C)[C@H](NC(=O)[C@H](CC(=O)O)NC(=O)[C@@H](N)C(C)C)C(=O)N[C@@H](Cc1cnc[nH]1)C(=O)N[C@H](C(=O)N[C@@H](Cc1c[nH]c2ccccc12)C(=O)N[C@@H](CCC(=O)O)C(=O)NCC(=O)N[C@H](C(=O)O)C(C)C)C(C)C. The number of aromatic nitrogens is 3. The molecule has 15 N–H and O–H groups in total. The molecule has 0 spiro atoms. The van der Waals surface area contributed by atoms with Gasteiger partial charge in [0.05, 0.1) is 25.3 Å². The lowest BCUT2D eigenvalue weighted by Crippen LogP contribution is -2.62. The Labute approximate surface area is 433 Å². The van der Waals surface area contributed by atoms with Gasteiger partial charge in [-0.15, -0.1) is 0 Å². The number of imidazole rings is 1. The Morgan fingerprint density at radius 3 is 1.72 bits per heavy atom. The predicted molar refractivity (Wildman–Crippen MR) is 270 cm³/mol. The Bertz CT molecular complexity index is 2490. The number of benzene rings is 1. The fourth-order valence-corrected chi connectivity index (χ4v) is 7.61. The summed E-state index contributed by atoms with van der Waals surface area (Å²) in [5.41, 5.74) is 7.53. The number of nitrogens with one attached hydrogen (secondary N) is 10. The summed E-state index contributed by atoms with van der Waals surface area (Å²) in [7, 11) is 0. The third-order valence-corrected chi connectivity index (χ3v) is 12.4. The fourth-order valence-electron chi connectivity index (χ4n) is 7.61. The van der Waals surface area contributed by atoms with Crippen LogP contribution in [0.2, 0.25) is 0 Å². The average molecular weight is 1050 g/mol. The Kier molecular flexibility index (Phi) is 23.8. The molecule has 0 fully saturated rings. The normalized spacial score (nSPS) is 14.9. The minimum atomic E-state index is -1.63. The van der Waals surface area contributed by atoms with Gasteiger partial charge in [-0.2, -0.15) is 0 Å². The summed E-state index contributed by atoms with van der Waals surface area (Å²) in [5, 5.41) is 49.2. The molecule has 412 valence electrons. The van der Waals surface area contributed by atoms with Crippen molar-refractivity contribution in [2.75, 3.05) is 6.54 Å². The highest BCUT2D eigenvalue weighted by Crippen LogP contribution is 2.20. The van der Waals surface area contributed by atoms with Gasteiger partial charge in [0.25, 0.3) is 0 Å². The van der Waals surface area contributed by atoms with Crippen molar-refractivity contribution in [1.82, 2.24) is 57.5 Å². The summed E-state index contributed by atoms with van der Waals surface area (Å²) in [5.74, 6) is -13.5. The first kappa shape index (κ1) is 61.4. The Hall–Kier alpha value is -7.90. The van der Waals surface area contributed by atoms with E-state index < -0.39 is 157 Å². The van der Waals surface area contributed by atoms with Crippen LogP contribution in [0.5, 0.6) is 0 Å². The van der Waals surface area contributed by atoms with Gasteiger partial charge >= 0.3 is 17.9 Å². The van der Waals surface area contributed by atoms with Gasteiger partial charge in [-0.25, -0.2) is 9.78 Å². The summed E-state index contributed by atoms with van der Waals surface area (Å²) in [6.45, 7) is 12.3. The first-order chi connectivity index (χ1) is 35.2. The van der Waals surface area contributed by atoms with Crippen LogP contribution in [-0.2, 0) is 65.6 Å². The number of aliphatic carboxylic acids is 3. The van der Waals surface area contributed by atoms with Crippen LogP contribution in [-0.4, -0.2) is 150 Å². The van der Waals surface area contributed by atoms with Crippen LogP contribution in [0.15, 0.2) is 43.0 Å². The number of hydrogen-bond acceptors (Lipinski definition) is 13. The maximum atomic E-state index is 14.5. The van der Waals surface area contributed by atoms with Crippen molar-refractivity contribution in [2.45, 2.75) is 142 Å². The number of fused-ring (bicyclic) bond motifs is 1. The van der Waals surface area contributed by atoms with Crippen molar-refractivity contribution in [2.24, 2.45) is 29.4 Å². The zero-order chi connectivity index (χ0) is 56.3. The molecule has 0 unspecified atom stereocenters. The number of carboxylic acid groups (broad SMARTS) is 3. The molecular formula is C49H72N12O14. The number of carbonyl (C=O) groups excluding carboxylic acids is 8. The van der Waals surface area contributed by atoms with Gasteiger partial charge in [-0.3, -0.25) is 47.9 Å². The quantitative estimate of drug-likeness (QED) is 0.0366. The Morgan fingerprint density at radius 2 is 1.16 bits per heavy atom. The van der Waals surface area contributed by atoms with Crippen molar-refractivity contribution < 1.29 is 68.1 Å². The molecule has 3 aromatic rings. The Balaban J connectivity index is 1.95. The van der Waals surface area contributed by atoms with E-state index in [-0.39, 0.29) is 18.8 Å². The molecule has 2 heterocycles. The minimum Gasteiger partial charge on any atom is -0.481 e. The molecular weight excluding hydrogens is 981 g/mol. The van der Waals surface area contributed by atoms with Gasteiger partial charge in [-0.1, -0.05) is 80.0 Å². The second kappa shape index (κ2) is 29.1. The molecule has 2 aromatic heterocycles. The molecule has 0 aliphatic heterocycles. The molecule has 0 saturated carbocycles. The number of carboxylic acids is 3. The van der Waals surface area contributed by atoms with Gasteiger partial charge < -0.3 is 73.6 Å². The van der Waals surface area contributed by atoms with Gasteiger partial charge in [0.15, 0.2) is 0 Å². The number of rotatable bonds is 31. The Morgan fingerprint density at radius 1 is 0.600 bits per heavy atom. The van der Waals surface area contributed by atoms with Gasteiger partial charge in [-0.05, 0) is 41.7 Å². The maximum Gasteiger partial charge on any atom is 0.326 e. The number of carbonyl (C=O) groups is 11. The number of nitrogens with zero attached hydrogens (tertiary/aromatic N) is 1. The number of H-pyrrole nitrogens is 2. The molecule has 26 heteroatoms. The fraction of sp³-hybridized carbons (Fsp3) is 0.551. The minimum absolute atomic E-state index is 0.204. The zero-order valence-corrected chi connectivity index (χ0v) is 43.3. The van der Waals surface area contributed by atoms with Crippen LogP contribution in [0.1, 0.15) is 92.3 Å². The van der Waals surface area contributed by atoms with Crippen molar-refractivity contribution in [3.8, 4) is 0 Å². The van der Waals surface area contributed by atoms with E-state index in [2.05, 4.69) is 57.5 Å². The summed E-state index contributed by atoms with van der Waals surface area (Å²) in [6, 6.07) is -4.27. The number of para-hydroxylation sites is 1. The van der Waals surface area contributed by atoms with E-state index in [1.54, 1.807) is 85.9 Å². The molecule has 0 saturated heterocycles. The highest BCUT2D eigenvalue weighted by atomic mass is 16.4. The summed E-state index contributed by atoms with van der Waals surface area (Å²) < 4.78 is 0. The highest BCUT2D eigenvalue weighted by molar-refractivity contribution is 5.99. The molecule has 1 aromatic carbocycles. The van der Waals surface area contributed by atoms with E-state index in [4.69, 9.17) is 5.73 Å². The summed E-state index contributed by atoms with van der Waals surface area (Å²) in [4.78, 5) is 155. The zero-order valence-electron chi connectivity index (χ0n) is 43.3. The molecule has 0 bridgehead atoms. The summed E-state index contributed by atoms with van der Waals surface area (Å²) >= 11 is 0. The average Bonchev–Trinajstić information content (AvgIpc) is 4.02. The number of amides is 8. The van der Waals surface area contributed by atoms with E-state index in [9.17, 15) is 68.1 Å². The number of hydrogen-bond donors (Lipinski definition) is 14. The third kappa shape index (κ3) is 19.1. The predicted octanol–water partition coefficient (Wildman–Crippen LogP) is -1.05. The van der Waals surface area contributed by atoms with E-state index in [1.807, 2.05) is 0 Å². The summed E-state index contributed by atoms with van der Waals surface area (Å²) in [6.07, 6.45) is 2.29. The standard InChI is InChI=1S/C49H72N12O14/c1-9-26(8)41(61-45(70)34(18-37(65)66)56-46(71)38(50)23(2)3)48(73)58-33(17-28-20-51-22-54-28)44(69)60-39(24(4)5)47(72)57-32(16-27-19-52-30-13-11-10-12-29(27)30)43(68)55-31(14-15-36(63)64)42(67)53-21-35(62)59-40(25(6)7)49(74)75/h10-13,19-20,22-26,31-34,38-41,52H,9,14-18,21,50H2,1-8H3,(H,51,54)(H,53,67)(H,55,68)(H,56,71)(H,57,72)(H,58,73)(H,59,62)(H,60,69)(H,61,70)(H,63,64)(H,65,66)(H,74,75)/t26-,31-,32-,33-,34-,38-,39-,40-,41-/m0/s1. The largest absolute Gasteiger partial charge is 0.481 e. The van der Waals surface area contributed by atoms with Crippen LogP contribution >= 0.6 is 0 Å². The van der Waals surface area contributed by atoms with Crippen LogP contribution < -0.4 is 48.3 Å². The van der Waals surface area contributed by atoms with Crippen LogP contribution in [0.25, 0.3) is 10.9 Å². The monoisotopic (exact) mass is 1050 g/mol. The first-order valence-electron chi connectivity index (χ1n) is 24.6. The maximum absolute atomic E-state index is 14.5. The van der Waals surface area contributed by atoms with E-state index in [0.717, 1.165) is 0 Å². The van der Waals surface area contributed by atoms with Crippen LogP contribution in [0.4, 0.5) is 0 Å². The van der Waals surface area contributed by atoms with Gasteiger partial charge in [0, 0.05) is 48.3 Å². The molecule has 75 heavy (non-hydrogen) atoms. The van der Waals surface area contributed by atoms with Crippen molar-refractivity contribution >= 4 is 76.1 Å². The highest BCUT2D eigenvalue weighted by Gasteiger charge is 2.37. The second-order valence-corrected chi connectivity index (χ2v) is 19.3. The molecule has 26 nitrogen and oxygen atoms in total. The van der Waals surface area contributed by atoms with E-state index in [1.165, 1.54) is 12.5 Å². The molecule has 8 amide bonds. The first-order valence-corrected chi connectivity index (χ1v) is 24.6. The number of aromatic amines is 2. The van der Waals surface area contributed by atoms with Crippen molar-refractivity contribution in [3.05, 3.63) is 54.2 Å². The van der Waals surface area contributed by atoms with Crippen molar-refractivity contribution in [1.29, 1.82) is 0 Å². The van der Waals surface area contributed by atoms with Crippen LogP contribution in [0, 0.1) is 23.7 Å². The van der Waals surface area contributed by atoms with Crippen molar-refractivity contribution in [3.63, 3.8) is 0 Å². The molecule has 9 atom stereocenters. The third-order valence-electron chi connectivity index (χ3n) is 12.4. The second-order valence-electron chi connectivity index (χ2n) is 19.3. The topological polar surface area (TPSA) is 415 Å². The number of nitrogens with two attached hydrogens (primary N) is 1. The molecule has 0 aliphatic carbocycles.